The molecule has 0 saturated carbocycles. The van der Waals surface area contributed by atoms with Crippen LogP contribution in [0.15, 0.2) is 12.4 Å². The molecule has 1 aliphatic rings. The third kappa shape index (κ3) is 1.97. The maximum Gasteiger partial charge on any atom is 0.198 e. The zero-order valence-corrected chi connectivity index (χ0v) is 10.6. The minimum atomic E-state index is 0.595. The number of nitrogens with zero attached hydrogens (tertiary/aromatic N) is 4. The van der Waals surface area contributed by atoms with Crippen molar-refractivity contribution in [3.05, 3.63) is 34.9 Å². The largest absolute Gasteiger partial charge is 0.311 e. The Bertz CT molecular complexity index is 577. The fourth-order valence-electron chi connectivity index (χ4n) is 2.16. The molecule has 2 aromatic heterocycles. The number of nitrogens with one attached hydrogen (secondary N) is 1. The van der Waals surface area contributed by atoms with Crippen LogP contribution in [0.3, 0.4) is 0 Å². The fraction of sp³-hybridized carbons (Fsp3) is 0.385. The Hall–Kier alpha value is -1.88. The molecule has 3 heterocycles. The van der Waals surface area contributed by atoms with E-state index in [9.17, 15) is 0 Å². The molecular weight excluding hydrogens is 226 g/mol. The highest BCUT2D eigenvalue weighted by Crippen LogP contribution is 2.18. The lowest BCUT2D eigenvalue weighted by molar-refractivity contribution is 0.619. The molecule has 18 heavy (non-hydrogen) atoms. The summed E-state index contributed by atoms with van der Waals surface area (Å²) in [6.07, 6.45) is 4.58. The Balaban J connectivity index is 2.08. The lowest BCUT2D eigenvalue weighted by atomic mass is 10.1. The first-order valence-electron chi connectivity index (χ1n) is 6.10. The van der Waals surface area contributed by atoms with Crippen LogP contribution in [0, 0.1) is 13.8 Å². The lowest BCUT2D eigenvalue weighted by Crippen LogP contribution is -2.26. The quantitative estimate of drug-likeness (QED) is 0.812. The minimum absolute atomic E-state index is 0.595. The van der Waals surface area contributed by atoms with Gasteiger partial charge in [-0.05, 0) is 37.9 Å². The van der Waals surface area contributed by atoms with Crippen molar-refractivity contribution in [2.75, 3.05) is 6.54 Å². The van der Waals surface area contributed by atoms with Crippen molar-refractivity contribution in [3.8, 4) is 11.6 Å². The van der Waals surface area contributed by atoms with Gasteiger partial charge in [0, 0.05) is 24.6 Å². The molecule has 0 amide bonds. The average molecular weight is 241 g/mol. The van der Waals surface area contributed by atoms with E-state index in [1.165, 1.54) is 5.56 Å². The van der Waals surface area contributed by atoms with Crippen molar-refractivity contribution < 1.29 is 0 Å². The second-order valence-corrected chi connectivity index (χ2v) is 4.57. The predicted molar refractivity (Wildman–Crippen MR) is 67.9 cm³/mol. The number of aromatic nitrogens is 4. The summed E-state index contributed by atoms with van der Waals surface area (Å²) in [5.74, 6) is 1.21. The molecule has 3 rings (SSSR count). The first-order chi connectivity index (χ1) is 8.74. The maximum atomic E-state index is 4.58. The summed E-state index contributed by atoms with van der Waals surface area (Å²) < 4.78 is 0. The number of aryl methyl sites for hydroxylation is 2. The standard InChI is InChI=1S/C13H15N5/c1-8-5-15-12(16-6-8)13-17-9(2)10-3-4-14-7-11(10)18-13/h5-6,14H,3-4,7H2,1-2H3. The zero-order valence-electron chi connectivity index (χ0n) is 10.6. The van der Waals surface area contributed by atoms with Gasteiger partial charge in [0.05, 0.1) is 5.69 Å². The molecule has 0 aromatic carbocycles. The molecule has 5 nitrogen and oxygen atoms in total. The molecule has 1 aliphatic heterocycles. The highest BCUT2D eigenvalue weighted by molar-refractivity contribution is 5.45. The third-order valence-electron chi connectivity index (χ3n) is 3.12. The van der Waals surface area contributed by atoms with Crippen LogP contribution in [0.4, 0.5) is 0 Å². The predicted octanol–water partition coefficient (Wildman–Crippen LogP) is 1.20. The molecule has 0 fully saturated rings. The van der Waals surface area contributed by atoms with Crippen molar-refractivity contribution in [2.24, 2.45) is 0 Å². The summed E-state index contributed by atoms with van der Waals surface area (Å²) >= 11 is 0. The monoisotopic (exact) mass is 241 g/mol. The topological polar surface area (TPSA) is 63.6 Å². The Labute approximate surface area is 106 Å². The van der Waals surface area contributed by atoms with E-state index in [1.54, 1.807) is 12.4 Å². The van der Waals surface area contributed by atoms with E-state index in [0.29, 0.717) is 11.6 Å². The molecular formula is C13H15N5. The van der Waals surface area contributed by atoms with E-state index >= 15 is 0 Å². The van der Waals surface area contributed by atoms with Gasteiger partial charge in [0.1, 0.15) is 0 Å². The molecule has 1 N–H and O–H groups in total. The summed E-state index contributed by atoms with van der Waals surface area (Å²) in [6.45, 7) is 5.80. The molecule has 0 bridgehead atoms. The van der Waals surface area contributed by atoms with Crippen LogP contribution in [0.5, 0.6) is 0 Å². The molecule has 5 heteroatoms. The second kappa shape index (κ2) is 4.42. The molecule has 0 spiro atoms. The zero-order chi connectivity index (χ0) is 12.5. The van der Waals surface area contributed by atoms with Gasteiger partial charge in [-0.15, -0.1) is 0 Å². The molecule has 92 valence electrons. The van der Waals surface area contributed by atoms with Crippen molar-refractivity contribution in [1.82, 2.24) is 25.3 Å². The van der Waals surface area contributed by atoms with Gasteiger partial charge >= 0.3 is 0 Å². The van der Waals surface area contributed by atoms with Crippen LogP contribution in [-0.4, -0.2) is 26.5 Å². The number of rotatable bonds is 1. The van der Waals surface area contributed by atoms with Crippen molar-refractivity contribution in [3.63, 3.8) is 0 Å². The number of fused-ring (bicyclic) bond motifs is 1. The van der Waals surface area contributed by atoms with E-state index < -0.39 is 0 Å². The molecule has 0 saturated heterocycles. The van der Waals surface area contributed by atoms with Crippen LogP contribution in [0.25, 0.3) is 11.6 Å². The van der Waals surface area contributed by atoms with Gasteiger partial charge in [0.15, 0.2) is 11.6 Å². The highest BCUT2D eigenvalue weighted by Gasteiger charge is 2.16. The Morgan fingerprint density at radius 3 is 2.61 bits per heavy atom. The number of hydrogen-bond acceptors (Lipinski definition) is 5. The molecule has 2 aromatic rings. The molecule has 0 radical (unpaired) electrons. The second-order valence-electron chi connectivity index (χ2n) is 4.57. The maximum absolute atomic E-state index is 4.58. The van der Waals surface area contributed by atoms with E-state index in [1.807, 2.05) is 13.8 Å². The van der Waals surface area contributed by atoms with Crippen LogP contribution < -0.4 is 5.32 Å². The summed E-state index contributed by atoms with van der Waals surface area (Å²) in [7, 11) is 0. The normalized spacial score (nSPS) is 14.3. The average Bonchev–Trinajstić information content (AvgIpc) is 2.39. The van der Waals surface area contributed by atoms with E-state index in [4.69, 9.17) is 0 Å². The van der Waals surface area contributed by atoms with Gasteiger partial charge in [0.25, 0.3) is 0 Å². The highest BCUT2D eigenvalue weighted by atomic mass is 15.0. The molecule has 0 atom stereocenters. The van der Waals surface area contributed by atoms with Gasteiger partial charge < -0.3 is 5.32 Å². The van der Waals surface area contributed by atoms with Crippen LogP contribution in [0.2, 0.25) is 0 Å². The molecule has 0 unspecified atom stereocenters. The Morgan fingerprint density at radius 1 is 1.06 bits per heavy atom. The Kier molecular flexibility index (Phi) is 2.76. The van der Waals surface area contributed by atoms with Crippen LogP contribution in [-0.2, 0) is 13.0 Å². The van der Waals surface area contributed by atoms with Gasteiger partial charge in [-0.2, -0.15) is 0 Å². The summed E-state index contributed by atoms with van der Waals surface area (Å²) in [5.41, 5.74) is 4.42. The SMILES string of the molecule is Cc1cnc(-c2nc(C)c3c(n2)CNCC3)nc1. The summed E-state index contributed by atoms with van der Waals surface area (Å²) in [4.78, 5) is 17.7. The van der Waals surface area contributed by atoms with E-state index in [-0.39, 0.29) is 0 Å². The van der Waals surface area contributed by atoms with Crippen molar-refractivity contribution in [2.45, 2.75) is 26.8 Å². The smallest absolute Gasteiger partial charge is 0.198 e. The summed E-state index contributed by atoms with van der Waals surface area (Å²) in [5, 5.41) is 3.32. The van der Waals surface area contributed by atoms with Crippen molar-refractivity contribution in [1.29, 1.82) is 0 Å². The van der Waals surface area contributed by atoms with Crippen molar-refractivity contribution >= 4 is 0 Å². The first-order valence-corrected chi connectivity index (χ1v) is 6.10. The van der Waals surface area contributed by atoms with Crippen LogP contribution >= 0.6 is 0 Å². The van der Waals surface area contributed by atoms with E-state index in [0.717, 1.165) is 36.5 Å². The van der Waals surface area contributed by atoms with Gasteiger partial charge in [-0.25, -0.2) is 19.9 Å². The van der Waals surface area contributed by atoms with Gasteiger partial charge in [-0.3, -0.25) is 0 Å². The number of hydrogen-bond donors (Lipinski definition) is 1. The van der Waals surface area contributed by atoms with Crippen LogP contribution in [0.1, 0.15) is 22.5 Å². The van der Waals surface area contributed by atoms with Gasteiger partial charge in [0.2, 0.25) is 0 Å². The molecule has 0 aliphatic carbocycles. The third-order valence-corrected chi connectivity index (χ3v) is 3.12. The van der Waals surface area contributed by atoms with Gasteiger partial charge in [-0.1, -0.05) is 0 Å². The summed E-state index contributed by atoms with van der Waals surface area (Å²) in [6, 6.07) is 0. The lowest BCUT2D eigenvalue weighted by Gasteiger charge is -2.18. The van der Waals surface area contributed by atoms with E-state index in [2.05, 4.69) is 25.3 Å². The Morgan fingerprint density at radius 2 is 1.83 bits per heavy atom. The fourth-order valence-corrected chi connectivity index (χ4v) is 2.16. The minimum Gasteiger partial charge on any atom is -0.311 e. The first kappa shape index (κ1) is 11.2.